The standard InChI is InChI=1S/C19H20F2N4O/c20-15-7-6-14(12-16(15)21)24-18(26)17-9-11-23-19(25-17)22-10-8-13-4-2-1-3-5-13/h4,6-7,9,11-12H,1-3,5,8,10H2,(H,24,26)(H,22,23,25). The molecule has 1 aliphatic rings. The van der Waals surface area contributed by atoms with Crippen molar-refractivity contribution in [2.45, 2.75) is 32.1 Å². The van der Waals surface area contributed by atoms with Gasteiger partial charge in [0.1, 0.15) is 5.69 Å². The van der Waals surface area contributed by atoms with Crippen LogP contribution in [-0.4, -0.2) is 22.4 Å². The van der Waals surface area contributed by atoms with Gasteiger partial charge in [0.25, 0.3) is 5.91 Å². The molecule has 1 aliphatic carbocycles. The minimum absolute atomic E-state index is 0.143. The molecule has 1 aromatic heterocycles. The molecule has 0 bridgehead atoms. The Bertz CT molecular complexity index is 823. The lowest BCUT2D eigenvalue weighted by Gasteiger charge is -2.13. The molecule has 0 unspecified atom stereocenters. The van der Waals surface area contributed by atoms with Crippen molar-refractivity contribution in [1.29, 1.82) is 0 Å². The van der Waals surface area contributed by atoms with Gasteiger partial charge in [-0.25, -0.2) is 18.7 Å². The average Bonchev–Trinajstić information content (AvgIpc) is 2.66. The van der Waals surface area contributed by atoms with E-state index in [2.05, 4.69) is 26.7 Å². The molecule has 7 heteroatoms. The van der Waals surface area contributed by atoms with Crippen LogP contribution >= 0.6 is 0 Å². The van der Waals surface area contributed by atoms with E-state index >= 15 is 0 Å². The number of hydrogen-bond donors (Lipinski definition) is 2. The third-order valence-electron chi connectivity index (χ3n) is 4.18. The van der Waals surface area contributed by atoms with Gasteiger partial charge in [-0.05, 0) is 50.3 Å². The monoisotopic (exact) mass is 358 g/mol. The summed E-state index contributed by atoms with van der Waals surface area (Å²) in [5, 5.41) is 5.60. The first-order valence-electron chi connectivity index (χ1n) is 8.63. The third kappa shape index (κ3) is 4.84. The van der Waals surface area contributed by atoms with Crippen LogP contribution in [0, 0.1) is 11.6 Å². The van der Waals surface area contributed by atoms with Crippen LogP contribution in [0.4, 0.5) is 20.4 Å². The topological polar surface area (TPSA) is 66.9 Å². The van der Waals surface area contributed by atoms with Crippen LogP contribution in [0.1, 0.15) is 42.6 Å². The van der Waals surface area contributed by atoms with Crippen molar-refractivity contribution in [3.8, 4) is 0 Å². The Balaban J connectivity index is 1.58. The number of carbonyl (C=O) groups excluding carboxylic acids is 1. The third-order valence-corrected chi connectivity index (χ3v) is 4.18. The summed E-state index contributed by atoms with van der Waals surface area (Å²) in [5.41, 5.74) is 1.74. The summed E-state index contributed by atoms with van der Waals surface area (Å²) in [6.07, 6.45) is 9.48. The zero-order valence-electron chi connectivity index (χ0n) is 14.3. The van der Waals surface area contributed by atoms with Crippen molar-refractivity contribution < 1.29 is 13.6 Å². The van der Waals surface area contributed by atoms with Crippen molar-refractivity contribution in [1.82, 2.24) is 9.97 Å². The largest absolute Gasteiger partial charge is 0.354 e. The number of rotatable bonds is 6. The van der Waals surface area contributed by atoms with Gasteiger partial charge in [-0.15, -0.1) is 0 Å². The van der Waals surface area contributed by atoms with E-state index < -0.39 is 17.5 Å². The van der Waals surface area contributed by atoms with Crippen LogP contribution in [0.3, 0.4) is 0 Å². The van der Waals surface area contributed by atoms with E-state index in [-0.39, 0.29) is 11.4 Å². The van der Waals surface area contributed by atoms with Gasteiger partial charge >= 0.3 is 0 Å². The number of carbonyl (C=O) groups is 1. The van der Waals surface area contributed by atoms with Gasteiger partial charge in [0.2, 0.25) is 5.95 Å². The SMILES string of the molecule is O=C(Nc1ccc(F)c(F)c1)c1ccnc(NCCC2=CCCCC2)n1. The highest BCUT2D eigenvalue weighted by Crippen LogP contribution is 2.20. The van der Waals surface area contributed by atoms with Crippen molar-refractivity contribution in [3.63, 3.8) is 0 Å². The Morgan fingerprint density at radius 3 is 2.81 bits per heavy atom. The maximum Gasteiger partial charge on any atom is 0.274 e. The predicted octanol–water partition coefficient (Wildman–Crippen LogP) is 4.31. The predicted molar refractivity (Wildman–Crippen MR) is 96.0 cm³/mol. The highest BCUT2D eigenvalue weighted by atomic mass is 19.2. The van der Waals surface area contributed by atoms with Crippen molar-refractivity contribution >= 4 is 17.5 Å². The van der Waals surface area contributed by atoms with E-state index in [0.717, 1.165) is 31.4 Å². The van der Waals surface area contributed by atoms with Crippen LogP contribution < -0.4 is 10.6 Å². The summed E-state index contributed by atoms with van der Waals surface area (Å²) < 4.78 is 26.2. The summed E-state index contributed by atoms with van der Waals surface area (Å²) in [4.78, 5) is 20.5. The first-order valence-corrected chi connectivity index (χ1v) is 8.63. The molecule has 1 heterocycles. The lowest BCUT2D eigenvalue weighted by Crippen LogP contribution is -2.16. The molecule has 2 N–H and O–H groups in total. The van der Waals surface area contributed by atoms with E-state index in [0.29, 0.717) is 12.5 Å². The highest BCUT2D eigenvalue weighted by Gasteiger charge is 2.11. The molecule has 5 nitrogen and oxygen atoms in total. The summed E-state index contributed by atoms with van der Waals surface area (Å²) >= 11 is 0. The second kappa shape index (κ2) is 8.51. The molecular weight excluding hydrogens is 338 g/mol. The molecule has 3 rings (SSSR count). The van der Waals surface area contributed by atoms with Gasteiger partial charge in [-0.2, -0.15) is 0 Å². The Labute approximate surface area is 150 Å². The molecule has 0 fully saturated rings. The van der Waals surface area contributed by atoms with Crippen molar-refractivity contribution in [3.05, 3.63) is 59.4 Å². The second-order valence-corrected chi connectivity index (χ2v) is 6.13. The summed E-state index contributed by atoms with van der Waals surface area (Å²) in [7, 11) is 0. The molecule has 0 saturated carbocycles. The van der Waals surface area contributed by atoms with Gasteiger partial charge < -0.3 is 10.6 Å². The maximum atomic E-state index is 13.2. The fraction of sp³-hybridized carbons (Fsp3) is 0.316. The zero-order chi connectivity index (χ0) is 18.4. The van der Waals surface area contributed by atoms with E-state index in [4.69, 9.17) is 0 Å². The van der Waals surface area contributed by atoms with Gasteiger partial charge in [-0.1, -0.05) is 11.6 Å². The van der Waals surface area contributed by atoms with E-state index in [1.54, 1.807) is 0 Å². The van der Waals surface area contributed by atoms with Crippen LogP contribution in [0.15, 0.2) is 42.1 Å². The number of halogens is 2. The Kier molecular flexibility index (Phi) is 5.88. The maximum absolute atomic E-state index is 13.2. The number of allylic oxidation sites excluding steroid dienone is 1. The lowest BCUT2D eigenvalue weighted by molar-refractivity contribution is 0.102. The molecule has 2 aromatic rings. The molecule has 0 saturated heterocycles. The number of nitrogens with one attached hydrogen (secondary N) is 2. The second-order valence-electron chi connectivity index (χ2n) is 6.13. The fourth-order valence-electron chi connectivity index (χ4n) is 2.81. The van der Waals surface area contributed by atoms with E-state index in [1.165, 1.54) is 36.7 Å². The number of benzene rings is 1. The molecule has 0 atom stereocenters. The zero-order valence-corrected chi connectivity index (χ0v) is 14.3. The number of aromatic nitrogens is 2. The summed E-state index contributed by atoms with van der Waals surface area (Å²) in [5.74, 6) is -2.15. The van der Waals surface area contributed by atoms with E-state index in [1.807, 2.05) is 0 Å². The number of nitrogens with zero attached hydrogens (tertiary/aromatic N) is 2. The highest BCUT2D eigenvalue weighted by molar-refractivity contribution is 6.02. The average molecular weight is 358 g/mol. The van der Waals surface area contributed by atoms with Gasteiger partial charge in [0.05, 0.1) is 0 Å². The normalized spacial score (nSPS) is 13.8. The van der Waals surface area contributed by atoms with Crippen molar-refractivity contribution in [2.24, 2.45) is 0 Å². The Morgan fingerprint density at radius 2 is 2.04 bits per heavy atom. The van der Waals surface area contributed by atoms with Crippen LogP contribution in [-0.2, 0) is 0 Å². The van der Waals surface area contributed by atoms with Crippen LogP contribution in [0.2, 0.25) is 0 Å². The van der Waals surface area contributed by atoms with Crippen molar-refractivity contribution in [2.75, 3.05) is 17.2 Å². The van der Waals surface area contributed by atoms with Gasteiger partial charge in [0, 0.05) is 24.5 Å². The van der Waals surface area contributed by atoms with E-state index in [9.17, 15) is 13.6 Å². The first kappa shape index (κ1) is 18.0. The van der Waals surface area contributed by atoms with Gasteiger partial charge in [0.15, 0.2) is 11.6 Å². The molecule has 0 aliphatic heterocycles. The number of anilines is 2. The fourth-order valence-corrected chi connectivity index (χ4v) is 2.81. The number of amides is 1. The molecule has 0 radical (unpaired) electrons. The Morgan fingerprint density at radius 1 is 1.15 bits per heavy atom. The molecule has 1 aromatic carbocycles. The van der Waals surface area contributed by atoms with Gasteiger partial charge in [-0.3, -0.25) is 4.79 Å². The number of hydrogen-bond acceptors (Lipinski definition) is 4. The molecular formula is C19H20F2N4O. The quantitative estimate of drug-likeness (QED) is 0.755. The summed E-state index contributed by atoms with van der Waals surface area (Å²) in [6.45, 7) is 0.695. The minimum atomic E-state index is -1.02. The first-order chi connectivity index (χ1) is 12.6. The van der Waals surface area contributed by atoms with Crippen LogP contribution in [0.25, 0.3) is 0 Å². The molecule has 0 spiro atoms. The van der Waals surface area contributed by atoms with Crippen LogP contribution in [0.5, 0.6) is 0 Å². The minimum Gasteiger partial charge on any atom is -0.354 e. The smallest absolute Gasteiger partial charge is 0.274 e. The molecule has 136 valence electrons. The molecule has 26 heavy (non-hydrogen) atoms. The lowest BCUT2D eigenvalue weighted by atomic mass is 9.97. The summed E-state index contributed by atoms with van der Waals surface area (Å²) in [6, 6.07) is 4.63. The molecule has 1 amide bonds. The Hall–Kier alpha value is -2.83.